The Hall–Kier alpha value is -2.33. The third kappa shape index (κ3) is 4.56. The van der Waals surface area contributed by atoms with Gasteiger partial charge in [-0.25, -0.2) is 0 Å². The van der Waals surface area contributed by atoms with E-state index in [1.54, 1.807) is 0 Å². The zero-order valence-corrected chi connectivity index (χ0v) is 17.4. The molecule has 1 aliphatic rings. The molecule has 1 aliphatic heterocycles. The van der Waals surface area contributed by atoms with Crippen LogP contribution in [0.4, 0.5) is 5.69 Å². The first-order valence-electron chi connectivity index (χ1n) is 10.2. The van der Waals surface area contributed by atoms with Gasteiger partial charge in [0.15, 0.2) is 0 Å². The first-order chi connectivity index (χ1) is 13.5. The molecular formula is C24H32N2O2. The van der Waals surface area contributed by atoms with Crippen LogP contribution in [0.2, 0.25) is 0 Å². The summed E-state index contributed by atoms with van der Waals surface area (Å²) >= 11 is 0. The lowest BCUT2D eigenvalue weighted by molar-refractivity contribution is -0.147. The number of aryl methyl sites for hydroxylation is 1. The summed E-state index contributed by atoms with van der Waals surface area (Å²) in [6.07, 6.45) is 1.77. The van der Waals surface area contributed by atoms with E-state index in [2.05, 4.69) is 41.0 Å². The molecule has 0 saturated carbocycles. The predicted molar refractivity (Wildman–Crippen MR) is 115 cm³/mol. The van der Waals surface area contributed by atoms with E-state index in [9.17, 15) is 4.79 Å². The maximum absolute atomic E-state index is 12.5. The molecule has 0 amide bonds. The Kier molecular flexibility index (Phi) is 6.74. The maximum atomic E-state index is 12.5. The lowest BCUT2D eigenvalue weighted by Gasteiger charge is -2.37. The Bertz CT molecular complexity index is 769. The van der Waals surface area contributed by atoms with Crippen molar-refractivity contribution in [3.05, 3.63) is 65.7 Å². The van der Waals surface area contributed by atoms with Gasteiger partial charge in [0.1, 0.15) is 0 Å². The number of methoxy groups -OCH3 is 1. The van der Waals surface area contributed by atoms with E-state index >= 15 is 0 Å². The van der Waals surface area contributed by atoms with Gasteiger partial charge >= 0.3 is 5.97 Å². The number of hydrogen-bond acceptors (Lipinski definition) is 4. The number of para-hydroxylation sites is 1. The highest BCUT2D eigenvalue weighted by Gasteiger charge is 2.35. The third-order valence-electron chi connectivity index (χ3n) is 6.03. The van der Waals surface area contributed by atoms with Gasteiger partial charge in [-0.3, -0.25) is 9.69 Å². The molecule has 2 aromatic carbocycles. The molecule has 0 aliphatic carbocycles. The van der Waals surface area contributed by atoms with Gasteiger partial charge in [0.25, 0.3) is 0 Å². The van der Waals surface area contributed by atoms with E-state index in [-0.39, 0.29) is 5.97 Å². The highest BCUT2D eigenvalue weighted by molar-refractivity contribution is 5.82. The molecule has 1 saturated heterocycles. The summed E-state index contributed by atoms with van der Waals surface area (Å²) in [5.74, 6) is -0.150. The molecule has 0 aromatic heterocycles. The fourth-order valence-electron chi connectivity index (χ4n) is 4.18. The van der Waals surface area contributed by atoms with Gasteiger partial charge in [0.05, 0.1) is 12.5 Å². The summed E-state index contributed by atoms with van der Waals surface area (Å²) < 4.78 is 5.13. The van der Waals surface area contributed by atoms with Gasteiger partial charge in [-0.1, -0.05) is 48.5 Å². The third-order valence-corrected chi connectivity index (χ3v) is 6.03. The van der Waals surface area contributed by atoms with Crippen LogP contribution in [0, 0.1) is 6.92 Å². The first-order valence-corrected chi connectivity index (χ1v) is 10.2. The van der Waals surface area contributed by atoms with E-state index in [1.165, 1.54) is 18.4 Å². The minimum absolute atomic E-state index is 0.150. The van der Waals surface area contributed by atoms with Gasteiger partial charge in [-0.15, -0.1) is 0 Å². The summed E-state index contributed by atoms with van der Waals surface area (Å²) in [7, 11) is 1.48. The van der Waals surface area contributed by atoms with Crippen molar-refractivity contribution in [2.75, 3.05) is 44.7 Å². The first kappa shape index (κ1) is 20.4. The van der Waals surface area contributed by atoms with Crippen LogP contribution in [0.1, 0.15) is 30.9 Å². The lowest BCUT2D eigenvalue weighted by Crippen LogP contribution is -2.47. The van der Waals surface area contributed by atoms with Gasteiger partial charge in [-0.05, 0) is 50.4 Å². The van der Waals surface area contributed by atoms with Crippen LogP contribution in [-0.4, -0.2) is 50.7 Å². The van der Waals surface area contributed by atoms with Crippen molar-refractivity contribution in [2.24, 2.45) is 0 Å². The minimum Gasteiger partial charge on any atom is -0.468 e. The van der Waals surface area contributed by atoms with E-state index < -0.39 is 5.41 Å². The molecule has 150 valence electrons. The SMILES string of the molecule is COC(=O)C(C)(CCCN1CCN(c2ccccc2C)CC1)c1ccccc1. The van der Waals surface area contributed by atoms with Crippen molar-refractivity contribution in [3.63, 3.8) is 0 Å². The van der Waals surface area contributed by atoms with Crippen molar-refractivity contribution in [3.8, 4) is 0 Å². The highest BCUT2D eigenvalue weighted by Crippen LogP contribution is 2.31. The molecular weight excluding hydrogens is 348 g/mol. The van der Waals surface area contributed by atoms with Crippen LogP contribution in [0.3, 0.4) is 0 Å². The summed E-state index contributed by atoms with van der Waals surface area (Å²) in [4.78, 5) is 17.5. The summed E-state index contributed by atoms with van der Waals surface area (Å²) in [6.45, 7) is 9.43. The van der Waals surface area contributed by atoms with Gasteiger partial charge in [-0.2, -0.15) is 0 Å². The standard InChI is InChI=1S/C24H32N2O2/c1-20-10-7-8-13-22(20)26-18-16-25(17-19-26)15-9-14-24(2,23(27)28-3)21-11-5-4-6-12-21/h4-8,10-13H,9,14-19H2,1-3H3. The zero-order valence-electron chi connectivity index (χ0n) is 17.4. The predicted octanol–water partition coefficient (Wildman–Crippen LogP) is 4.03. The molecule has 0 radical (unpaired) electrons. The molecule has 2 aromatic rings. The van der Waals surface area contributed by atoms with Crippen molar-refractivity contribution >= 4 is 11.7 Å². The van der Waals surface area contributed by atoms with E-state index in [0.717, 1.165) is 51.1 Å². The van der Waals surface area contributed by atoms with Crippen LogP contribution in [0.5, 0.6) is 0 Å². The molecule has 28 heavy (non-hydrogen) atoms. The number of carbonyl (C=O) groups is 1. The van der Waals surface area contributed by atoms with Crippen molar-refractivity contribution < 1.29 is 9.53 Å². The Morgan fingerprint density at radius 1 is 1.00 bits per heavy atom. The zero-order chi connectivity index (χ0) is 20.0. The molecule has 1 heterocycles. The van der Waals surface area contributed by atoms with E-state index in [1.807, 2.05) is 37.3 Å². The van der Waals surface area contributed by atoms with Gasteiger partial charge in [0, 0.05) is 31.9 Å². The normalized spacial score (nSPS) is 17.2. The van der Waals surface area contributed by atoms with Crippen LogP contribution >= 0.6 is 0 Å². The van der Waals surface area contributed by atoms with Crippen LogP contribution in [-0.2, 0) is 14.9 Å². The second kappa shape index (κ2) is 9.24. The Balaban J connectivity index is 1.53. The van der Waals surface area contributed by atoms with Crippen LogP contribution in [0.15, 0.2) is 54.6 Å². The Morgan fingerprint density at radius 3 is 2.29 bits per heavy atom. The molecule has 4 heteroatoms. The molecule has 1 unspecified atom stereocenters. The topological polar surface area (TPSA) is 32.8 Å². The number of hydrogen-bond donors (Lipinski definition) is 0. The molecule has 0 bridgehead atoms. The summed E-state index contributed by atoms with van der Waals surface area (Å²) in [5, 5.41) is 0. The van der Waals surface area contributed by atoms with E-state index in [4.69, 9.17) is 4.74 Å². The summed E-state index contributed by atoms with van der Waals surface area (Å²) in [5.41, 5.74) is 3.14. The lowest BCUT2D eigenvalue weighted by atomic mass is 9.78. The van der Waals surface area contributed by atoms with E-state index in [0.29, 0.717) is 0 Å². The van der Waals surface area contributed by atoms with Gasteiger partial charge < -0.3 is 9.64 Å². The molecule has 3 rings (SSSR count). The number of rotatable bonds is 7. The maximum Gasteiger partial charge on any atom is 0.315 e. The number of piperazine rings is 1. The van der Waals surface area contributed by atoms with Crippen molar-refractivity contribution in [1.82, 2.24) is 4.90 Å². The van der Waals surface area contributed by atoms with Gasteiger partial charge in [0.2, 0.25) is 0 Å². The fourth-order valence-corrected chi connectivity index (χ4v) is 4.18. The summed E-state index contributed by atoms with van der Waals surface area (Å²) in [6, 6.07) is 18.6. The van der Waals surface area contributed by atoms with Crippen LogP contribution < -0.4 is 4.90 Å². The average Bonchev–Trinajstić information content (AvgIpc) is 2.74. The fraction of sp³-hybridized carbons (Fsp3) is 0.458. The minimum atomic E-state index is -0.584. The second-order valence-corrected chi connectivity index (χ2v) is 7.91. The number of benzene rings is 2. The number of nitrogens with zero attached hydrogens (tertiary/aromatic N) is 2. The molecule has 1 fully saturated rings. The highest BCUT2D eigenvalue weighted by atomic mass is 16.5. The smallest absolute Gasteiger partial charge is 0.315 e. The van der Waals surface area contributed by atoms with Crippen LogP contribution in [0.25, 0.3) is 0 Å². The second-order valence-electron chi connectivity index (χ2n) is 7.91. The number of ether oxygens (including phenoxy) is 1. The molecule has 4 nitrogen and oxygen atoms in total. The number of carbonyl (C=O) groups excluding carboxylic acids is 1. The monoisotopic (exact) mass is 380 g/mol. The largest absolute Gasteiger partial charge is 0.468 e. The number of esters is 1. The Labute approximate surface area is 169 Å². The quantitative estimate of drug-likeness (QED) is 0.679. The van der Waals surface area contributed by atoms with Crippen molar-refractivity contribution in [2.45, 2.75) is 32.1 Å². The molecule has 0 N–H and O–H groups in total. The van der Waals surface area contributed by atoms with Crippen molar-refractivity contribution in [1.29, 1.82) is 0 Å². The average molecular weight is 381 g/mol. The number of anilines is 1. The molecule has 1 atom stereocenters. The Morgan fingerprint density at radius 2 is 1.64 bits per heavy atom. The molecule has 0 spiro atoms.